The Bertz CT molecular complexity index is 1240. The number of nitrogens with zero attached hydrogens (tertiary/aromatic N) is 6. The molecule has 46 heavy (non-hydrogen) atoms. The van der Waals surface area contributed by atoms with Crippen LogP contribution in [0.3, 0.4) is 0 Å². The van der Waals surface area contributed by atoms with Crippen molar-refractivity contribution in [1.82, 2.24) is 29.7 Å². The van der Waals surface area contributed by atoms with Gasteiger partial charge in [-0.3, -0.25) is 4.90 Å². The molecule has 15 heteroatoms. The van der Waals surface area contributed by atoms with E-state index in [9.17, 15) is 4.79 Å². The molecule has 1 aromatic carbocycles. The molecule has 10 nitrogen and oxygen atoms in total. The molecule has 2 aromatic heterocycles. The van der Waals surface area contributed by atoms with E-state index in [0.29, 0.717) is 0 Å². The van der Waals surface area contributed by atoms with E-state index in [2.05, 4.69) is 37.0 Å². The zero-order chi connectivity index (χ0) is 30.4. The van der Waals surface area contributed by atoms with Crippen molar-refractivity contribution in [2.24, 2.45) is 0 Å². The van der Waals surface area contributed by atoms with Crippen molar-refractivity contribution in [3.8, 4) is 0 Å². The lowest BCUT2D eigenvalue weighted by Gasteiger charge is -2.36. The van der Waals surface area contributed by atoms with E-state index in [1.54, 1.807) is 35.3 Å². The molecule has 1 saturated heterocycles. The minimum Gasteiger partial charge on any atom is -0.431 e. The summed E-state index contributed by atoms with van der Waals surface area (Å²) in [6.45, 7) is 11.8. The van der Waals surface area contributed by atoms with E-state index in [1.807, 2.05) is 48.6 Å². The molecule has 1 aliphatic rings. The Labute approximate surface area is 299 Å². The van der Waals surface area contributed by atoms with E-state index in [1.165, 1.54) is 19.3 Å². The molecule has 260 valence electrons. The fraction of sp³-hybridized carbons (Fsp3) is 0.613. The van der Waals surface area contributed by atoms with Crippen LogP contribution in [0.1, 0.15) is 51.3 Å². The summed E-state index contributed by atoms with van der Waals surface area (Å²) in [6.07, 6.45) is 11.0. The number of aryl methyl sites for hydroxylation is 1. The van der Waals surface area contributed by atoms with Crippen LogP contribution in [0.5, 0.6) is 0 Å². The van der Waals surface area contributed by atoms with Gasteiger partial charge >= 0.3 is 6.03 Å². The molecule has 3 N–H and O–H groups in total. The fourth-order valence-electron chi connectivity index (χ4n) is 5.19. The van der Waals surface area contributed by atoms with Crippen molar-refractivity contribution in [2.75, 3.05) is 75.9 Å². The number of halogens is 2. The first kappa shape index (κ1) is 42.6. The van der Waals surface area contributed by atoms with Gasteiger partial charge < -0.3 is 25.0 Å². The number of oxazole rings is 1. The number of anilines is 1. The number of para-hydroxylation sites is 2. The number of nitrogens with one attached hydrogen (secondary N) is 1. The lowest BCUT2D eigenvalue weighted by atomic mass is 10.1. The lowest BCUT2D eigenvalue weighted by Crippen LogP contribution is -2.49. The Hall–Kier alpha value is -1.45. The van der Waals surface area contributed by atoms with E-state index in [4.69, 9.17) is 4.42 Å². The highest BCUT2D eigenvalue weighted by Crippen LogP contribution is 2.32. The smallest absolute Gasteiger partial charge is 0.322 e. The molecule has 0 radical (unpaired) electrons. The average Bonchev–Trinajstić information content (AvgIpc) is 3.44. The number of amides is 2. The maximum atomic E-state index is 13.6. The van der Waals surface area contributed by atoms with Gasteiger partial charge in [0.25, 0.3) is 5.22 Å². The summed E-state index contributed by atoms with van der Waals surface area (Å²) in [4.78, 5) is 34.3. The van der Waals surface area contributed by atoms with Crippen molar-refractivity contribution in [3.05, 3.63) is 30.1 Å². The second-order valence-electron chi connectivity index (χ2n) is 10.8. The summed E-state index contributed by atoms with van der Waals surface area (Å²) in [5.74, 6) is 1.72. The number of carbonyl (C=O) groups excluding carboxylic acids is 1. The van der Waals surface area contributed by atoms with Crippen molar-refractivity contribution in [2.45, 2.75) is 67.6 Å². The first-order valence-electron chi connectivity index (χ1n) is 15.5. The standard InChI is InChI=1S/C31H47N7O2S3.2ClH.H2O/c1-5-6-7-8-11-16-38(30(39)35-27-28(41-3)32-24(2)33-29(27)42-4)22-21-37-19-17-36(18-20-37)15-12-23-43-31-34-25-13-9-10-14-26(25)40-31;;;/h9-10,13-14H,5-8,11-12,15-23H2,1-4H3,(H,35,39);2*1H;1H2. The maximum Gasteiger partial charge on any atom is 0.322 e. The van der Waals surface area contributed by atoms with Gasteiger partial charge in [0.05, 0.1) is 0 Å². The first-order valence-corrected chi connectivity index (χ1v) is 18.9. The highest BCUT2D eigenvalue weighted by molar-refractivity contribution is 7.99. The van der Waals surface area contributed by atoms with Crippen LogP contribution in [-0.4, -0.2) is 112 Å². The maximum absolute atomic E-state index is 13.6. The van der Waals surface area contributed by atoms with Crippen LogP contribution >= 0.6 is 60.1 Å². The first-order chi connectivity index (χ1) is 21.0. The number of thioether (sulfide) groups is 3. The third-order valence-electron chi connectivity index (χ3n) is 7.66. The molecule has 0 saturated carbocycles. The molecule has 3 aromatic rings. The summed E-state index contributed by atoms with van der Waals surface area (Å²) >= 11 is 4.78. The van der Waals surface area contributed by atoms with Gasteiger partial charge in [0.15, 0.2) is 5.58 Å². The quantitative estimate of drug-likeness (QED) is 0.0882. The number of benzene rings is 1. The highest BCUT2D eigenvalue weighted by Gasteiger charge is 2.22. The highest BCUT2D eigenvalue weighted by atomic mass is 35.5. The van der Waals surface area contributed by atoms with Crippen LogP contribution in [-0.2, 0) is 0 Å². The molecule has 1 fully saturated rings. The number of rotatable bonds is 17. The van der Waals surface area contributed by atoms with Crippen LogP contribution in [0.25, 0.3) is 11.1 Å². The summed E-state index contributed by atoms with van der Waals surface area (Å²) < 4.78 is 5.83. The average molecular weight is 737 g/mol. The number of aromatic nitrogens is 3. The topological polar surface area (TPSA) is 122 Å². The number of carbonyl (C=O) groups is 1. The Balaban J connectivity index is 0.00000353. The van der Waals surface area contributed by atoms with E-state index >= 15 is 0 Å². The molecule has 3 heterocycles. The van der Waals surface area contributed by atoms with Crippen molar-refractivity contribution < 1.29 is 14.7 Å². The largest absolute Gasteiger partial charge is 0.431 e. The van der Waals surface area contributed by atoms with E-state index < -0.39 is 0 Å². The third-order valence-corrected chi connectivity index (χ3v) is 9.94. The summed E-state index contributed by atoms with van der Waals surface area (Å²) in [5, 5.41) is 5.57. The Morgan fingerprint density at radius 2 is 1.52 bits per heavy atom. The minimum absolute atomic E-state index is 0. The summed E-state index contributed by atoms with van der Waals surface area (Å²) in [7, 11) is 0. The Morgan fingerprint density at radius 3 is 2.15 bits per heavy atom. The normalized spacial score (nSPS) is 13.5. The molecule has 0 bridgehead atoms. The van der Waals surface area contributed by atoms with Gasteiger partial charge in [-0.15, -0.1) is 48.3 Å². The van der Waals surface area contributed by atoms with Crippen LogP contribution in [0.4, 0.5) is 10.5 Å². The van der Waals surface area contributed by atoms with Gasteiger partial charge in [0.1, 0.15) is 27.1 Å². The number of urea groups is 1. The van der Waals surface area contributed by atoms with Crippen molar-refractivity contribution in [1.29, 1.82) is 0 Å². The van der Waals surface area contributed by atoms with Crippen LogP contribution in [0.15, 0.2) is 44.0 Å². The number of hydrogen-bond acceptors (Lipinski definition) is 10. The SMILES string of the molecule is CCCCCCCN(CCN1CCN(CCCSc2nc3ccccc3o2)CC1)C(=O)Nc1c(SC)nc(C)nc1SC.Cl.Cl.O. The number of fused-ring (bicyclic) bond motifs is 1. The van der Waals surface area contributed by atoms with Crippen LogP contribution in [0, 0.1) is 6.92 Å². The summed E-state index contributed by atoms with van der Waals surface area (Å²) in [6, 6.07) is 7.87. The second kappa shape index (κ2) is 23.0. The van der Waals surface area contributed by atoms with Crippen molar-refractivity contribution >= 4 is 82.9 Å². The number of piperazine rings is 1. The number of hydrogen-bond donors (Lipinski definition) is 1. The molecule has 0 spiro atoms. The molecule has 4 rings (SSSR count). The predicted molar refractivity (Wildman–Crippen MR) is 200 cm³/mol. The molecule has 2 amide bonds. The zero-order valence-corrected chi connectivity index (χ0v) is 31.5. The minimum atomic E-state index is -0.0522. The Morgan fingerprint density at radius 1 is 0.891 bits per heavy atom. The monoisotopic (exact) mass is 735 g/mol. The van der Waals surface area contributed by atoms with Gasteiger partial charge in [0.2, 0.25) is 0 Å². The molecular formula is C31H51Cl2N7O3S3. The van der Waals surface area contributed by atoms with Gasteiger partial charge in [-0.2, -0.15) is 0 Å². The fourth-order valence-corrected chi connectivity index (χ4v) is 7.17. The molecule has 0 atom stereocenters. The molecular weight excluding hydrogens is 685 g/mol. The predicted octanol–water partition coefficient (Wildman–Crippen LogP) is 6.99. The van der Waals surface area contributed by atoms with Gasteiger partial charge in [-0.1, -0.05) is 56.5 Å². The van der Waals surface area contributed by atoms with Crippen LogP contribution in [0.2, 0.25) is 0 Å². The second-order valence-corrected chi connectivity index (χ2v) is 13.5. The number of unbranched alkanes of at least 4 members (excludes halogenated alkanes) is 4. The molecule has 1 aliphatic heterocycles. The Kier molecular flexibility index (Phi) is 21.3. The van der Waals surface area contributed by atoms with Gasteiger partial charge in [0, 0.05) is 51.6 Å². The molecule has 0 unspecified atom stereocenters. The van der Waals surface area contributed by atoms with Gasteiger partial charge in [-0.25, -0.2) is 19.7 Å². The zero-order valence-electron chi connectivity index (χ0n) is 27.5. The lowest BCUT2D eigenvalue weighted by molar-refractivity contribution is 0.122. The third kappa shape index (κ3) is 13.2. The van der Waals surface area contributed by atoms with E-state index in [0.717, 1.165) is 115 Å². The van der Waals surface area contributed by atoms with Gasteiger partial charge in [-0.05, 0) is 51.0 Å². The summed E-state index contributed by atoms with van der Waals surface area (Å²) in [5.41, 5.74) is 2.51. The van der Waals surface area contributed by atoms with E-state index in [-0.39, 0.29) is 36.3 Å². The van der Waals surface area contributed by atoms with Crippen molar-refractivity contribution in [3.63, 3.8) is 0 Å². The molecule has 0 aliphatic carbocycles. The van der Waals surface area contributed by atoms with Crippen LogP contribution < -0.4 is 5.32 Å².